The Hall–Kier alpha value is -1.38. The molecule has 4 nitrogen and oxygen atoms in total. The third-order valence-electron chi connectivity index (χ3n) is 8.07. The smallest absolute Gasteiger partial charge is 0.0542 e. The second-order valence-electron chi connectivity index (χ2n) is 10.7. The van der Waals surface area contributed by atoms with Crippen molar-refractivity contribution in [2.45, 2.75) is 130 Å². The van der Waals surface area contributed by atoms with Gasteiger partial charge in [0.15, 0.2) is 0 Å². The summed E-state index contributed by atoms with van der Waals surface area (Å²) in [6.07, 6.45) is 17.9. The molecule has 1 fully saturated rings. The number of aromatic nitrogens is 2. The van der Waals surface area contributed by atoms with Crippen LogP contribution in [0.1, 0.15) is 121 Å². The molecule has 1 aromatic carbocycles. The van der Waals surface area contributed by atoms with E-state index in [0.717, 1.165) is 30.6 Å². The number of hydrogen-bond donors (Lipinski definition) is 2. The van der Waals surface area contributed by atoms with Gasteiger partial charge >= 0.3 is 0 Å². The second-order valence-corrected chi connectivity index (χ2v) is 11.4. The van der Waals surface area contributed by atoms with E-state index in [2.05, 4.69) is 65.5 Å². The Morgan fingerprint density at radius 1 is 1.14 bits per heavy atom. The van der Waals surface area contributed by atoms with Gasteiger partial charge in [0.25, 0.3) is 0 Å². The molecule has 6 unspecified atom stereocenters. The topological polar surface area (TPSA) is 55.9 Å². The van der Waals surface area contributed by atoms with Gasteiger partial charge in [-0.15, -0.1) is 9.24 Å². The Labute approximate surface area is 224 Å². The van der Waals surface area contributed by atoms with E-state index in [1.165, 1.54) is 68.1 Å². The van der Waals surface area contributed by atoms with E-state index >= 15 is 0 Å². The molecular formula is C31H55N4P. The van der Waals surface area contributed by atoms with E-state index in [4.69, 9.17) is 5.84 Å². The van der Waals surface area contributed by atoms with Crippen LogP contribution in [-0.2, 0) is 19.3 Å². The molecule has 0 radical (unpaired) electrons. The van der Waals surface area contributed by atoms with Crippen molar-refractivity contribution in [1.29, 1.82) is 0 Å². The maximum Gasteiger partial charge on any atom is 0.0542 e. The van der Waals surface area contributed by atoms with Crippen LogP contribution in [0.5, 0.6) is 0 Å². The molecule has 1 heterocycles. The van der Waals surface area contributed by atoms with Gasteiger partial charge in [0.2, 0.25) is 0 Å². The highest BCUT2D eigenvalue weighted by molar-refractivity contribution is 7.17. The van der Waals surface area contributed by atoms with Crippen LogP contribution in [0.3, 0.4) is 0 Å². The molecule has 6 atom stereocenters. The van der Waals surface area contributed by atoms with E-state index in [-0.39, 0.29) is 0 Å². The summed E-state index contributed by atoms with van der Waals surface area (Å²) in [7, 11) is 3.15. The molecule has 2 aliphatic carbocycles. The number of aryl methyl sites for hydroxylation is 2. The minimum Gasteiger partial charge on any atom is -0.323 e. The molecule has 36 heavy (non-hydrogen) atoms. The largest absolute Gasteiger partial charge is 0.323 e. The lowest BCUT2D eigenvalue weighted by Gasteiger charge is -2.41. The fourth-order valence-electron chi connectivity index (χ4n) is 6.18. The highest BCUT2D eigenvalue weighted by Crippen LogP contribution is 2.45. The summed E-state index contributed by atoms with van der Waals surface area (Å²) in [5.41, 5.74) is 6.26. The summed E-state index contributed by atoms with van der Waals surface area (Å²) in [5, 5.41) is 7.73. The first-order chi connectivity index (χ1) is 17.4. The lowest BCUT2D eigenvalue weighted by Crippen LogP contribution is -2.42. The molecule has 0 amide bonds. The van der Waals surface area contributed by atoms with Gasteiger partial charge in [-0.25, -0.2) is 0 Å². The number of nitrogens with one attached hydrogen (secondary N) is 1. The zero-order valence-corrected chi connectivity index (χ0v) is 25.3. The maximum atomic E-state index is 5.31. The van der Waals surface area contributed by atoms with Crippen LogP contribution in [0, 0.1) is 11.8 Å². The number of nitrogens with zero attached hydrogens (tertiary/aromatic N) is 2. The summed E-state index contributed by atoms with van der Waals surface area (Å²) in [6, 6.07) is 7.77. The van der Waals surface area contributed by atoms with E-state index in [9.17, 15) is 0 Å². The first-order valence-corrected chi connectivity index (χ1v) is 15.5. The van der Waals surface area contributed by atoms with Crippen LogP contribution in [0.2, 0.25) is 0 Å². The first-order valence-electron chi connectivity index (χ1n) is 14.8. The SMILES string of the molecule is CC.CCCCC(C)NC(P)C1CCCC(c2cccc3c2CCC3)C1C.CCCc1cnn(N)c1. The number of nitrogens with two attached hydrogens (primary N) is 1. The number of unbranched alkanes of at least 4 members (excludes halogenated alkanes) is 1. The predicted octanol–water partition coefficient (Wildman–Crippen LogP) is 7.64. The summed E-state index contributed by atoms with van der Waals surface area (Å²) < 4.78 is 0. The number of nitrogen functional groups attached to an aromatic ring is 1. The van der Waals surface area contributed by atoms with Crippen LogP contribution in [0.15, 0.2) is 30.6 Å². The second kappa shape index (κ2) is 16.5. The van der Waals surface area contributed by atoms with Crippen LogP contribution >= 0.6 is 9.24 Å². The predicted molar refractivity (Wildman–Crippen MR) is 161 cm³/mol. The number of hydrogen-bond acceptors (Lipinski definition) is 3. The van der Waals surface area contributed by atoms with E-state index in [0.29, 0.717) is 11.8 Å². The van der Waals surface area contributed by atoms with Crippen LogP contribution in [0.4, 0.5) is 0 Å². The van der Waals surface area contributed by atoms with Crippen molar-refractivity contribution in [3.05, 3.63) is 52.8 Å². The fourth-order valence-corrected chi connectivity index (χ4v) is 7.05. The molecule has 2 aliphatic rings. The zero-order valence-electron chi connectivity index (χ0n) is 24.1. The summed E-state index contributed by atoms with van der Waals surface area (Å²) >= 11 is 0. The van der Waals surface area contributed by atoms with Crippen molar-refractivity contribution >= 4 is 9.24 Å². The molecule has 0 aliphatic heterocycles. The monoisotopic (exact) mass is 514 g/mol. The van der Waals surface area contributed by atoms with Gasteiger partial charge in [-0.3, -0.25) is 0 Å². The minimum atomic E-state index is 0.557. The van der Waals surface area contributed by atoms with Crippen molar-refractivity contribution in [2.24, 2.45) is 11.8 Å². The van der Waals surface area contributed by atoms with Crippen molar-refractivity contribution < 1.29 is 0 Å². The zero-order chi connectivity index (χ0) is 26.5. The fraction of sp³-hybridized carbons (Fsp3) is 0.710. The summed E-state index contributed by atoms with van der Waals surface area (Å²) in [4.78, 5) is 1.34. The third kappa shape index (κ3) is 8.88. The van der Waals surface area contributed by atoms with Crippen LogP contribution in [0.25, 0.3) is 0 Å². The van der Waals surface area contributed by atoms with Gasteiger partial charge in [-0.2, -0.15) is 9.89 Å². The average Bonchev–Trinajstić information content (AvgIpc) is 3.53. The number of rotatable bonds is 9. The molecule has 1 saturated carbocycles. The van der Waals surface area contributed by atoms with Gasteiger partial charge in [-0.05, 0) is 91.9 Å². The Morgan fingerprint density at radius 3 is 2.58 bits per heavy atom. The molecule has 0 saturated heterocycles. The van der Waals surface area contributed by atoms with Crippen molar-refractivity contribution in [3.8, 4) is 0 Å². The normalized spacial score (nSPS) is 22.5. The van der Waals surface area contributed by atoms with Gasteiger partial charge in [-0.1, -0.05) is 78.5 Å². The highest BCUT2D eigenvalue weighted by atomic mass is 31.0. The number of benzene rings is 1. The molecule has 5 heteroatoms. The maximum absolute atomic E-state index is 5.31. The first kappa shape index (κ1) is 30.8. The van der Waals surface area contributed by atoms with Gasteiger partial charge in [0, 0.05) is 11.8 Å². The molecule has 204 valence electrons. The van der Waals surface area contributed by atoms with Crippen molar-refractivity contribution in [2.75, 3.05) is 5.84 Å². The Morgan fingerprint density at radius 2 is 1.92 bits per heavy atom. The molecule has 1 aromatic heterocycles. The Kier molecular flexibility index (Phi) is 14.1. The third-order valence-corrected chi connectivity index (χ3v) is 8.75. The van der Waals surface area contributed by atoms with E-state index in [1.807, 2.05) is 20.0 Å². The quantitative estimate of drug-likeness (QED) is 0.267. The Bertz CT molecular complexity index is 864. The molecule has 3 N–H and O–H groups in total. The van der Waals surface area contributed by atoms with Crippen molar-refractivity contribution in [1.82, 2.24) is 15.2 Å². The average molecular weight is 515 g/mol. The van der Waals surface area contributed by atoms with Gasteiger partial charge in [0.05, 0.1) is 12.4 Å². The van der Waals surface area contributed by atoms with Crippen LogP contribution < -0.4 is 11.2 Å². The van der Waals surface area contributed by atoms with Crippen LogP contribution in [-0.4, -0.2) is 21.7 Å². The standard InChI is InChI=1S/C23H38NP.C6H11N3.C2H6/c1-4-5-9-16(2)24-23(25)20-13-8-12-19(17(20)3)22-15-7-11-18-10-6-14-21(18)22;1-2-3-6-4-8-9(7)5-6;1-2/h7,11,15-17,19-20,23-24H,4-6,8-10,12-14,25H2,1-3H3;4-5H,2-3,7H2,1H3;1-2H3. The Balaban J connectivity index is 0.000000347. The molecule has 0 spiro atoms. The molecule has 4 rings (SSSR count). The highest BCUT2D eigenvalue weighted by Gasteiger charge is 2.35. The minimum absolute atomic E-state index is 0.557. The molecule has 0 bridgehead atoms. The lowest BCUT2D eigenvalue weighted by molar-refractivity contribution is 0.195. The summed E-state index contributed by atoms with van der Waals surface area (Å²) in [5.74, 6) is 8.19. The number of fused-ring (bicyclic) bond motifs is 1. The lowest BCUT2D eigenvalue weighted by atomic mass is 9.69. The molecule has 2 aromatic rings. The van der Waals surface area contributed by atoms with Gasteiger partial charge < -0.3 is 11.2 Å². The van der Waals surface area contributed by atoms with E-state index in [1.54, 1.807) is 22.9 Å². The molecular weight excluding hydrogens is 459 g/mol. The van der Waals surface area contributed by atoms with Gasteiger partial charge in [0.1, 0.15) is 0 Å². The van der Waals surface area contributed by atoms with E-state index < -0.39 is 0 Å². The summed E-state index contributed by atoms with van der Waals surface area (Å²) in [6.45, 7) is 13.3. The van der Waals surface area contributed by atoms with Crippen molar-refractivity contribution in [3.63, 3.8) is 0 Å².